The van der Waals surface area contributed by atoms with Crippen molar-refractivity contribution >= 4 is 33.3 Å². The Morgan fingerprint density at radius 2 is 1.82 bits per heavy atom. The third-order valence-corrected chi connectivity index (χ3v) is 4.50. The Balaban J connectivity index is 1.51. The summed E-state index contributed by atoms with van der Waals surface area (Å²) in [5.74, 6) is 1.10. The number of benzene rings is 3. The molecule has 0 spiro atoms. The van der Waals surface area contributed by atoms with E-state index in [1.54, 1.807) is 7.11 Å². The number of anilines is 1. The van der Waals surface area contributed by atoms with Crippen molar-refractivity contribution in [1.82, 2.24) is 4.98 Å². The smallest absolute Gasteiger partial charge is 0.262 e. The number of nitrogens with zero attached hydrogens (tertiary/aromatic N) is 1. The molecule has 1 aromatic heterocycles. The highest BCUT2D eigenvalue weighted by Crippen LogP contribution is 2.29. The predicted octanol–water partition coefficient (Wildman–Crippen LogP) is 4.72. The normalized spacial score (nSPS) is 10.8. The monoisotopic (exact) mass is 372 g/mol. The predicted molar refractivity (Wildman–Crippen MR) is 111 cm³/mol. The summed E-state index contributed by atoms with van der Waals surface area (Å²) in [6.07, 6.45) is 0. The van der Waals surface area contributed by atoms with E-state index < -0.39 is 0 Å². The summed E-state index contributed by atoms with van der Waals surface area (Å²) < 4.78 is 11.1. The Morgan fingerprint density at radius 1 is 1.00 bits per heavy atom. The van der Waals surface area contributed by atoms with Crippen molar-refractivity contribution in [3.8, 4) is 11.5 Å². The Labute approximate surface area is 162 Å². The summed E-state index contributed by atoms with van der Waals surface area (Å²) in [6.45, 7) is 1.80. The lowest BCUT2D eigenvalue weighted by molar-refractivity contribution is -0.118. The summed E-state index contributed by atoms with van der Waals surface area (Å²) in [4.78, 5) is 16.9. The topological polar surface area (TPSA) is 60.5 Å². The first-order valence-electron chi connectivity index (χ1n) is 8.99. The number of nitrogens with one attached hydrogen (secondary N) is 1. The van der Waals surface area contributed by atoms with Gasteiger partial charge in [0.1, 0.15) is 11.5 Å². The van der Waals surface area contributed by atoms with E-state index in [0.29, 0.717) is 11.5 Å². The van der Waals surface area contributed by atoms with Crippen LogP contribution in [-0.4, -0.2) is 24.6 Å². The summed E-state index contributed by atoms with van der Waals surface area (Å²) in [5, 5.41) is 5.90. The molecular formula is C23H20N2O3. The first-order valence-corrected chi connectivity index (χ1v) is 8.99. The van der Waals surface area contributed by atoms with Crippen molar-refractivity contribution in [1.29, 1.82) is 0 Å². The average Bonchev–Trinajstić information content (AvgIpc) is 2.71. The molecule has 0 saturated carbocycles. The molecule has 0 saturated heterocycles. The maximum Gasteiger partial charge on any atom is 0.262 e. The van der Waals surface area contributed by atoms with Gasteiger partial charge in [-0.05, 0) is 48.0 Å². The molecule has 5 nitrogen and oxygen atoms in total. The number of carbonyl (C=O) groups is 1. The zero-order valence-electron chi connectivity index (χ0n) is 15.7. The fraction of sp³-hybridized carbons (Fsp3) is 0.130. The van der Waals surface area contributed by atoms with Crippen LogP contribution in [0.5, 0.6) is 11.5 Å². The molecular weight excluding hydrogens is 352 g/mol. The van der Waals surface area contributed by atoms with Crippen molar-refractivity contribution in [2.75, 3.05) is 19.0 Å². The molecule has 0 unspecified atom stereocenters. The lowest BCUT2D eigenvalue weighted by Gasteiger charge is -2.12. The van der Waals surface area contributed by atoms with Crippen molar-refractivity contribution in [3.05, 3.63) is 72.4 Å². The van der Waals surface area contributed by atoms with Crippen LogP contribution in [0.3, 0.4) is 0 Å². The van der Waals surface area contributed by atoms with Crippen LogP contribution in [0.25, 0.3) is 21.7 Å². The molecule has 0 atom stereocenters. The van der Waals surface area contributed by atoms with E-state index >= 15 is 0 Å². The van der Waals surface area contributed by atoms with Crippen LogP contribution in [0.1, 0.15) is 5.69 Å². The zero-order chi connectivity index (χ0) is 19.5. The van der Waals surface area contributed by atoms with Crippen LogP contribution < -0.4 is 14.8 Å². The minimum atomic E-state index is -0.221. The summed E-state index contributed by atoms with van der Waals surface area (Å²) >= 11 is 0. The van der Waals surface area contributed by atoms with Gasteiger partial charge in [-0.15, -0.1) is 0 Å². The quantitative estimate of drug-likeness (QED) is 0.550. The molecule has 0 aliphatic heterocycles. The Bertz CT molecular complexity index is 1170. The van der Waals surface area contributed by atoms with Crippen LogP contribution in [0.4, 0.5) is 5.69 Å². The number of methoxy groups -OCH3 is 1. The van der Waals surface area contributed by atoms with Gasteiger partial charge in [0, 0.05) is 22.8 Å². The van der Waals surface area contributed by atoms with Crippen molar-refractivity contribution in [2.24, 2.45) is 0 Å². The second-order valence-corrected chi connectivity index (χ2v) is 6.54. The zero-order valence-corrected chi connectivity index (χ0v) is 15.7. The lowest BCUT2D eigenvalue weighted by atomic mass is 10.1. The standard InChI is InChI=1S/C23H20N2O3/c1-15-11-22(20-13-19(27-2)9-10-21(20)24-15)28-14-23(26)25-18-8-7-16-5-3-4-6-17(16)12-18/h3-13H,14H2,1-2H3,(H,25,26). The maximum absolute atomic E-state index is 12.4. The number of rotatable bonds is 5. The van der Waals surface area contributed by atoms with E-state index in [1.807, 2.05) is 73.7 Å². The molecule has 0 fully saturated rings. The Hall–Kier alpha value is -3.60. The van der Waals surface area contributed by atoms with Gasteiger partial charge < -0.3 is 14.8 Å². The number of carbonyl (C=O) groups excluding carboxylic acids is 1. The van der Waals surface area contributed by atoms with E-state index in [4.69, 9.17) is 9.47 Å². The van der Waals surface area contributed by atoms with Gasteiger partial charge in [0.15, 0.2) is 6.61 Å². The second kappa shape index (κ2) is 7.56. The third-order valence-electron chi connectivity index (χ3n) is 4.50. The van der Waals surface area contributed by atoms with Crippen molar-refractivity contribution in [2.45, 2.75) is 6.92 Å². The average molecular weight is 372 g/mol. The maximum atomic E-state index is 12.4. The molecule has 1 N–H and O–H groups in total. The van der Waals surface area contributed by atoms with Crippen molar-refractivity contribution in [3.63, 3.8) is 0 Å². The van der Waals surface area contributed by atoms with E-state index in [9.17, 15) is 4.79 Å². The van der Waals surface area contributed by atoms with Gasteiger partial charge in [0.2, 0.25) is 0 Å². The highest BCUT2D eigenvalue weighted by atomic mass is 16.5. The number of hydrogen-bond donors (Lipinski definition) is 1. The number of hydrogen-bond acceptors (Lipinski definition) is 4. The van der Waals surface area contributed by atoms with Gasteiger partial charge in [0.05, 0.1) is 12.6 Å². The van der Waals surface area contributed by atoms with E-state index in [2.05, 4.69) is 10.3 Å². The van der Waals surface area contributed by atoms with Crippen LogP contribution in [0.15, 0.2) is 66.7 Å². The first-order chi connectivity index (χ1) is 13.6. The first kappa shape index (κ1) is 17.8. The lowest BCUT2D eigenvalue weighted by Crippen LogP contribution is -2.20. The number of pyridine rings is 1. The van der Waals surface area contributed by atoms with Crippen molar-refractivity contribution < 1.29 is 14.3 Å². The third kappa shape index (κ3) is 3.74. The minimum Gasteiger partial charge on any atom is -0.497 e. The highest BCUT2D eigenvalue weighted by molar-refractivity contribution is 5.95. The summed E-state index contributed by atoms with van der Waals surface area (Å²) in [7, 11) is 1.61. The molecule has 0 aliphatic carbocycles. The van der Waals surface area contributed by atoms with Crippen LogP contribution in [0, 0.1) is 6.92 Å². The SMILES string of the molecule is COc1ccc2nc(C)cc(OCC(=O)Nc3ccc4ccccc4c3)c2c1. The fourth-order valence-corrected chi connectivity index (χ4v) is 3.15. The number of ether oxygens (including phenoxy) is 2. The molecule has 0 aliphatic rings. The van der Waals surface area contributed by atoms with Crippen LogP contribution in [0.2, 0.25) is 0 Å². The van der Waals surface area contributed by atoms with Gasteiger partial charge in [-0.1, -0.05) is 30.3 Å². The molecule has 1 heterocycles. The van der Waals surface area contributed by atoms with Gasteiger partial charge in [-0.25, -0.2) is 0 Å². The molecule has 140 valence electrons. The molecule has 0 bridgehead atoms. The number of fused-ring (bicyclic) bond motifs is 2. The molecule has 0 radical (unpaired) electrons. The van der Waals surface area contributed by atoms with Gasteiger partial charge in [0.25, 0.3) is 5.91 Å². The largest absolute Gasteiger partial charge is 0.497 e. The van der Waals surface area contributed by atoms with Crippen LogP contribution >= 0.6 is 0 Å². The van der Waals surface area contributed by atoms with Gasteiger partial charge in [-0.3, -0.25) is 9.78 Å². The van der Waals surface area contributed by atoms with Gasteiger partial charge in [-0.2, -0.15) is 0 Å². The van der Waals surface area contributed by atoms with Gasteiger partial charge >= 0.3 is 0 Å². The molecule has 28 heavy (non-hydrogen) atoms. The minimum absolute atomic E-state index is 0.0947. The van der Waals surface area contributed by atoms with E-state index in [1.165, 1.54) is 0 Å². The van der Waals surface area contributed by atoms with E-state index in [-0.39, 0.29) is 12.5 Å². The Morgan fingerprint density at radius 3 is 2.64 bits per heavy atom. The number of amides is 1. The second-order valence-electron chi connectivity index (χ2n) is 6.54. The summed E-state index contributed by atoms with van der Waals surface area (Å²) in [5.41, 5.74) is 2.36. The molecule has 5 heteroatoms. The molecule has 1 amide bonds. The fourth-order valence-electron chi connectivity index (χ4n) is 3.15. The highest BCUT2D eigenvalue weighted by Gasteiger charge is 2.10. The molecule has 3 aromatic carbocycles. The molecule has 4 aromatic rings. The summed E-state index contributed by atoms with van der Waals surface area (Å²) in [6, 6.07) is 21.2. The Kier molecular flexibility index (Phi) is 4.81. The number of aryl methyl sites for hydroxylation is 1. The van der Waals surface area contributed by atoms with E-state index in [0.717, 1.165) is 33.1 Å². The number of aromatic nitrogens is 1. The van der Waals surface area contributed by atoms with Crippen LogP contribution in [-0.2, 0) is 4.79 Å². The molecule has 4 rings (SSSR count).